The summed E-state index contributed by atoms with van der Waals surface area (Å²) in [5, 5.41) is 0. The normalized spacial score (nSPS) is 11.5. The van der Waals surface area contributed by atoms with Crippen molar-refractivity contribution in [2.24, 2.45) is 0 Å². The molecule has 0 spiro atoms. The third kappa shape index (κ3) is 3.11. The van der Waals surface area contributed by atoms with Crippen molar-refractivity contribution in [3.05, 3.63) is 59.2 Å². The summed E-state index contributed by atoms with van der Waals surface area (Å²) in [5.41, 5.74) is 1.46. The summed E-state index contributed by atoms with van der Waals surface area (Å²) >= 11 is 0. The number of halogens is 3. The molecule has 0 N–H and O–H groups in total. The van der Waals surface area contributed by atoms with Crippen LogP contribution in [0, 0.1) is 12.3 Å². The predicted molar refractivity (Wildman–Crippen MR) is 78.9 cm³/mol. The zero-order valence-corrected chi connectivity index (χ0v) is 11.8. The molecule has 0 heterocycles. The Labute approximate surface area is 122 Å². The smallest absolute Gasteiger partial charge is 0.166 e. The first kappa shape index (κ1) is 15.2. The first-order valence-corrected chi connectivity index (χ1v) is 6.61. The molecule has 21 heavy (non-hydrogen) atoms. The minimum absolute atomic E-state index is 0.131. The fourth-order valence-corrected chi connectivity index (χ4v) is 2.34. The fourth-order valence-electron chi connectivity index (χ4n) is 2.34. The van der Waals surface area contributed by atoms with E-state index in [-0.39, 0.29) is 11.5 Å². The molecular weight excluding hydrogens is 273 g/mol. The van der Waals surface area contributed by atoms with Crippen molar-refractivity contribution in [1.29, 1.82) is 0 Å². The molecule has 3 heteroatoms. The van der Waals surface area contributed by atoms with E-state index in [1.165, 1.54) is 6.07 Å². The Morgan fingerprint density at radius 2 is 1.71 bits per heavy atom. The molecule has 2 aromatic carbocycles. The van der Waals surface area contributed by atoms with Crippen molar-refractivity contribution in [2.45, 2.75) is 25.9 Å². The van der Waals surface area contributed by atoms with E-state index in [2.05, 4.69) is 5.92 Å². The summed E-state index contributed by atoms with van der Waals surface area (Å²) in [6.45, 7) is 4.03. The van der Waals surface area contributed by atoms with Crippen LogP contribution in [-0.2, 0) is 6.18 Å². The third-order valence-electron chi connectivity index (χ3n) is 3.37. The molecule has 0 bridgehead atoms. The van der Waals surface area contributed by atoms with Crippen molar-refractivity contribution in [3.63, 3.8) is 0 Å². The van der Waals surface area contributed by atoms with Crippen LogP contribution in [0.25, 0.3) is 11.1 Å². The van der Waals surface area contributed by atoms with Crippen molar-refractivity contribution in [3.8, 4) is 23.5 Å². The summed E-state index contributed by atoms with van der Waals surface area (Å²) in [4.78, 5) is 0. The minimum Gasteiger partial charge on any atom is -0.166 e. The summed E-state index contributed by atoms with van der Waals surface area (Å²) < 4.78 is 39.3. The number of terminal acetylenes is 1. The van der Waals surface area contributed by atoms with E-state index < -0.39 is 11.7 Å². The Kier molecular flexibility index (Phi) is 4.09. The van der Waals surface area contributed by atoms with Crippen LogP contribution >= 0.6 is 0 Å². The molecule has 0 saturated carbocycles. The number of rotatable bonds is 2. The van der Waals surface area contributed by atoms with Crippen LogP contribution in [0.3, 0.4) is 0 Å². The Morgan fingerprint density at radius 1 is 1.05 bits per heavy atom. The number of hydrogen-bond acceptors (Lipinski definition) is 0. The second kappa shape index (κ2) is 5.65. The summed E-state index contributed by atoms with van der Waals surface area (Å²) in [5.74, 6) is 2.32. The van der Waals surface area contributed by atoms with Gasteiger partial charge in [-0.2, -0.15) is 13.2 Å². The van der Waals surface area contributed by atoms with Crippen molar-refractivity contribution in [2.75, 3.05) is 0 Å². The van der Waals surface area contributed by atoms with Gasteiger partial charge in [-0.15, -0.1) is 6.42 Å². The number of alkyl halides is 3. The molecule has 2 rings (SSSR count). The average Bonchev–Trinajstić information content (AvgIpc) is 2.45. The van der Waals surface area contributed by atoms with Crippen LogP contribution in [-0.4, -0.2) is 0 Å². The number of hydrogen-bond donors (Lipinski definition) is 0. The van der Waals surface area contributed by atoms with Crippen LogP contribution in [0.1, 0.15) is 36.5 Å². The Bertz CT molecular complexity index is 688. The van der Waals surface area contributed by atoms with Crippen molar-refractivity contribution in [1.82, 2.24) is 0 Å². The molecule has 0 saturated heterocycles. The van der Waals surface area contributed by atoms with Gasteiger partial charge in [0.05, 0.1) is 5.56 Å². The van der Waals surface area contributed by atoms with Crippen molar-refractivity contribution >= 4 is 0 Å². The van der Waals surface area contributed by atoms with E-state index in [0.717, 1.165) is 17.2 Å². The van der Waals surface area contributed by atoms with Crippen LogP contribution in [0.5, 0.6) is 0 Å². The van der Waals surface area contributed by atoms with Gasteiger partial charge in [-0.3, -0.25) is 0 Å². The molecule has 0 atom stereocenters. The van der Waals surface area contributed by atoms with Gasteiger partial charge in [-0.05, 0) is 34.7 Å². The maximum atomic E-state index is 13.1. The summed E-state index contributed by atoms with van der Waals surface area (Å²) in [6, 6.07) is 11.6. The van der Waals surface area contributed by atoms with Gasteiger partial charge >= 0.3 is 6.18 Å². The molecule has 0 aromatic heterocycles. The Hall–Kier alpha value is -2.21. The van der Waals surface area contributed by atoms with Gasteiger partial charge in [0.15, 0.2) is 0 Å². The zero-order chi connectivity index (χ0) is 15.6. The van der Waals surface area contributed by atoms with E-state index in [1.807, 2.05) is 38.1 Å². The van der Waals surface area contributed by atoms with E-state index in [0.29, 0.717) is 5.56 Å². The molecule has 0 aliphatic heterocycles. The Morgan fingerprint density at radius 3 is 2.29 bits per heavy atom. The van der Waals surface area contributed by atoms with E-state index in [4.69, 9.17) is 6.42 Å². The van der Waals surface area contributed by atoms with Gasteiger partial charge in [-0.25, -0.2) is 0 Å². The topological polar surface area (TPSA) is 0 Å². The van der Waals surface area contributed by atoms with Crippen molar-refractivity contribution < 1.29 is 13.2 Å². The lowest BCUT2D eigenvalue weighted by atomic mass is 9.91. The second-order valence-corrected chi connectivity index (χ2v) is 5.14. The van der Waals surface area contributed by atoms with Gasteiger partial charge in [0.1, 0.15) is 0 Å². The predicted octanol–water partition coefficient (Wildman–Crippen LogP) is 5.48. The van der Waals surface area contributed by atoms with Gasteiger partial charge in [-0.1, -0.05) is 50.1 Å². The molecule has 0 nitrogen and oxygen atoms in total. The van der Waals surface area contributed by atoms with E-state index in [9.17, 15) is 13.2 Å². The highest BCUT2D eigenvalue weighted by atomic mass is 19.4. The van der Waals surface area contributed by atoms with Gasteiger partial charge in [0.25, 0.3) is 0 Å². The number of benzene rings is 2. The van der Waals surface area contributed by atoms with Crippen LogP contribution in [0.4, 0.5) is 13.2 Å². The SMILES string of the molecule is C#Cc1ccc(-c2ccccc2C(C)C)cc1C(F)(F)F. The highest BCUT2D eigenvalue weighted by Crippen LogP contribution is 2.36. The van der Waals surface area contributed by atoms with E-state index >= 15 is 0 Å². The standard InChI is InChI=1S/C18H15F3/c1-4-13-9-10-14(11-17(13)18(19,20)21)16-8-6-5-7-15(16)12(2)3/h1,5-12H,2-3H3. The largest absolute Gasteiger partial charge is 0.417 e. The average molecular weight is 288 g/mol. The molecule has 0 aliphatic rings. The molecular formula is C18H15F3. The summed E-state index contributed by atoms with van der Waals surface area (Å²) in [6.07, 6.45) is 0.710. The van der Waals surface area contributed by atoms with Crippen LogP contribution in [0.2, 0.25) is 0 Å². The monoisotopic (exact) mass is 288 g/mol. The zero-order valence-electron chi connectivity index (χ0n) is 11.8. The van der Waals surface area contributed by atoms with E-state index in [1.54, 1.807) is 6.07 Å². The Balaban J connectivity index is 2.65. The highest BCUT2D eigenvalue weighted by Gasteiger charge is 2.33. The molecule has 108 valence electrons. The molecule has 0 radical (unpaired) electrons. The molecule has 0 aliphatic carbocycles. The van der Waals surface area contributed by atoms with Gasteiger partial charge in [0.2, 0.25) is 0 Å². The first-order valence-electron chi connectivity index (χ1n) is 6.61. The van der Waals surface area contributed by atoms with Gasteiger partial charge < -0.3 is 0 Å². The minimum atomic E-state index is -4.45. The highest BCUT2D eigenvalue weighted by molar-refractivity contribution is 5.70. The maximum absolute atomic E-state index is 13.1. The quantitative estimate of drug-likeness (QED) is 0.642. The fraction of sp³-hybridized carbons (Fsp3) is 0.222. The first-order chi connectivity index (χ1) is 9.84. The lowest BCUT2D eigenvalue weighted by Gasteiger charge is -2.15. The van der Waals surface area contributed by atoms with Crippen LogP contribution < -0.4 is 0 Å². The third-order valence-corrected chi connectivity index (χ3v) is 3.37. The van der Waals surface area contributed by atoms with Gasteiger partial charge in [0, 0.05) is 5.56 Å². The lowest BCUT2D eigenvalue weighted by molar-refractivity contribution is -0.137. The molecule has 0 amide bonds. The summed E-state index contributed by atoms with van der Waals surface area (Å²) in [7, 11) is 0. The molecule has 0 fully saturated rings. The molecule has 2 aromatic rings. The molecule has 0 unspecified atom stereocenters. The second-order valence-electron chi connectivity index (χ2n) is 5.14. The lowest BCUT2D eigenvalue weighted by Crippen LogP contribution is -2.08. The maximum Gasteiger partial charge on any atom is 0.417 e. The van der Waals surface area contributed by atoms with Crippen LogP contribution in [0.15, 0.2) is 42.5 Å².